The molecule has 0 unspecified atom stereocenters. The molecular formula is C14H20N4O2S. The molecule has 0 saturated carbocycles. The van der Waals surface area contributed by atoms with Gasteiger partial charge in [0.15, 0.2) is 0 Å². The Hall–Kier alpha value is -2.02. The number of hydrogen-bond donors (Lipinski definition) is 2. The van der Waals surface area contributed by atoms with E-state index in [2.05, 4.69) is 5.32 Å². The average Bonchev–Trinajstić information content (AvgIpc) is 2.94. The van der Waals surface area contributed by atoms with Crippen molar-refractivity contribution in [1.29, 1.82) is 0 Å². The standard InChI is InChI=1S/C14H20N4O2S/c1-9(2)7-18-12(15)11(13(19)17(3)14(18)20)16-6-10-4-5-21-8-10/h4-5,8-9,16H,6-7,15H2,1-3H3. The van der Waals surface area contributed by atoms with E-state index in [0.29, 0.717) is 13.1 Å². The molecule has 0 atom stereocenters. The Morgan fingerprint density at radius 3 is 2.67 bits per heavy atom. The van der Waals surface area contributed by atoms with E-state index in [-0.39, 0.29) is 23.1 Å². The number of nitrogens with zero attached hydrogens (tertiary/aromatic N) is 2. The molecule has 0 amide bonds. The second-order valence-electron chi connectivity index (χ2n) is 5.40. The molecule has 0 spiro atoms. The van der Waals surface area contributed by atoms with E-state index in [9.17, 15) is 9.59 Å². The van der Waals surface area contributed by atoms with Crippen LogP contribution in [0, 0.1) is 5.92 Å². The van der Waals surface area contributed by atoms with E-state index in [1.807, 2.05) is 30.7 Å². The molecule has 114 valence electrons. The summed E-state index contributed by atoms with van der Waals surface area (Å²) in [5.41, 5.74) is 6.61. The smallest absolute Gasteiger partial charge is 0.332 e. The van der Waals surface area contributed by atoms with Crippen molar-refractivity contribution in [2.24, 2.45) is 13.0 Å². The van der Waals surface area contributed by atoms with Crippen LogP contribution in [-0.2, 0) is 20.1 Å². The van der Waals surface area contributed by atoms with Crippen molar-refractivity contribution in [3.8, 4) is 0 Å². The van der Waals surface area contributed by atoms with Crippen molar-refractivity contribution >= 4 is 22.8 Å². The predicted octanol–water partition coefficient (Wildman–Crippen LogP) is 1.46. The SMILES string of the molecule is CC(C)Cn1c(N)c(NCc2ccsc2)c(=O)n(C)c1=O. The molecule has 21 heavy (non-hydrogen) atoms. The highest BCUT2D eigenvalue weighted by atomic mass is 32.1. The molecule has 0 bridgehead atoms. The Kier molecular flexibility index (Phi) is 4.52. The van der Waals surface area contributed by atoms with Gasteiger partial charge in [0.1, 0.15) is 11.5 Å². The van der Waals surface area contributed by atoms with Crippen molar-refractivity contribution in [3.05, 3.63) is 43.2 Å². The number of rotatable bonds is 5. The minimum absolute atomic E-state index is 0.201. The molecule has 2 aromatic rings. The van der Waals surface area contributed by atoms with Crippen LogP contribution in [0.25, 0.3) is 0 Å². The maximum atomic E-state index is 12.2. The van der Waals surface area contributed by atoms with Crippen LogP contribution < -0.4 is 22.3 Å². The number of nitrogen functional groups attached to an aromatic ring is 1. The summed E-state index contributed by atoms with van der Waals surface area (Å²) in [6, 6.07) is 1.97. The first-order valence-electron chi connectivity index (χ1n) is 6.76. The van der Waals surface area contributed by atoms with Crippen LogP contribution >= 0.6 is 11.3 Å². The Labute approximate surface area is 126 Å². The molecule has 0 aromatic carbocycles. The third-order valence-electron chi connectivity index (χ3n) is 3.18. The second kappa shape index (κ2) is 6.17. The fraction of sp³-hybridized carbons (Fsp3) is 0.429. The number of nitrogens with two attached hydrogens (primary N) is 1. The number of nitrogens with one attached hydrogen (secondary N) is 1. The van der Waals surface area contributed by atoms with Gasteiger partial charge in [0, 0.05) is 20.1 Å². The van der Waals surface area contributed by atoms with Gasteiger partial charge in [-0.15, -0.1) is 0 Å². The molecule has 7 heteroatoms. The van der Waals surface area contributed by atoms with Crippen molar-refractivity contribution in [3.63, 3.8) is 0 Å². The molecule has 3 N–H and O–H groups in total. The van der Waals surface area contributed by atoms with Gasteiger partial charge in [0.25, 0.3) is 5.56 Å². The normalized spacial score (nSPS) is 11.0. The molecule has 0 aliphatic carbocycles. The van der Waals surface area contributed by atoms with Gasteiger partial charge in [-0.3, -0.25) is 13.9 Å². The van der Waals surface area contributed by atoms with Crippen LogP contribution in [0.3, 0.4) is 0 Å². The molecule has 6 nitrogen and oxygen atoms in total. The maximum absolute atomic E-state index is 12.2. The lowest BCUT2D eigenvalue weighted by atomic mass is 10.2. The monoisotopic (exact) mass is 308 g/mol. The van der Waals surface area contributed by atoms with Gasteiger partial charge in [-0.2, -0.15) is 11.3 Å². The molecule has 2 rings (SSSR count). The first kappa shape index (κ1) is 15.4. The van der Waals surface area contributed by atoms with Gasteiger partial charge in [0.05, 0.1) is 0 Å². The predicted molar refractivity (Wildman–Crippen MR) is 86.8 cm³/mol. The number of thiophene rings is 1. The quantitative estimate of drug-likeness (QED) is 0.876. The lowest BCUT2D eigenvalue weighted by Gasteiger charge is -2.17. The van der Waals surface area contributed by atoms with Crippen molar-refractivity contribution in [2.75, 3.05) is 11.1 Å². The largest absolute Gasteiger partial charge is 0.383 e. The summed E-state index contributed by atoms with van der Waals surface area (Å²) in [5, 5.41) is 7.02. The number of aromatic nitrogens is 2. The first-order valence-corrected chi connectivity index (χ1v) is 7.70. The van der Waals surface area contributed by atoms with Crippen LogP contribution in [-0.4, -0.2) is 9.13 Å². The summed E-state index contributed by atoms with van der Waals surface area (Å²) in [7, 11) is 1.47. The van der Waals surface area contributed by atoms with Gasteiger partial charge in [-0.1, -0.05) is 13.8 Å². The zero-order chi connectivity index (χ0) is 15.6. The van der Waals surface area contributed by atoms with Crippen LogP contribution in [0.5, 0.6) is 0 Å². The third-order valence-corrected chi connectivity index (χ3v) is 3.91. The second-order valence-corrected chi connectivity index (χ2v) is 6.18. The van der Waals surface area contributed by atoms with E-state index in [4.69, 9.17) is 5.73 Å². The van der Waals surface area contributed by atoms with E-state index in [0.717, 1.165) is 10.1 Å². The fourth-order valence-electron chi connectivity index (χ4n) is 2.07. The van der Waals surface area contributed by atoms with Crippen LogP contribution in [0.4, 0.5) is 11.5 Å². The molecule has 0 saturated heterocycles. The summed E-state index contributed by atoms with van der Waals surface area (Å²) in [4.78, 5) is 24.4. The summed E-state index contributed by atoms with van der Waals surface area (Å²) < 4.78 is 2.54. The van der Waals surface area contributed by atoms with Gasteiger partial charge in [-0.25, -0.2) is 4.79 Å². The Bertz CT molecular complexity index is 729. The zero-order valence-electron chi connectivity index (χ0n) is 12.4. The Morgan fingerprint density at radius 2 is 2.10 bits per heavy atom. The fourth-order valence-corrected chi connectivity index (χ4v) is 2.74. The first-order chi connectivity index (χ1) is 9.91. The summed E-state index contributed by atoms with van der Waals surface area (Å²) in [6.07, 6.45) is 0. The van der Waals surface area contributed by atoms with Gasteiger partial charge >= 0.3 is 5.69 Å². The van der Waals surface area contributed by atoms with Crippen molar-refractivity contribution < 1.29 is 0 Å². The lowest BCUT2D eigenvalue weighted by Crippen LogP contribution is -2.41. The highest BCUT2D eigenvalue weighted by molar-refractivity contribution is 7.07. The summed E-state index contributed by atoms with van der Waals surface area (Å²) in [6.45, 7) is 4.97. The van der Waals surface area contributed by atoms with E-state index in [1.165, 1.54) is 11.6 Å². The van der Waals surface area contributed by atoms with Gasteiger partial charge < -0.3 is 11.1 Å². The molecular weight excluding hydrogens is 288 g/mol. The highest BCUT2D eigenvalue weighted by Crippen LogP contribution is 2.14. The molecule has 0 radical (unpaired) electrons. The van der Waals surface area contributed by atoms with E-state index in [1.54, 1.807) is 11.3 Å². The molecule has 0 aliphatic heterocycles. The molecule has 0 aliphatic rings. The number of hydrogen-bond acceptors (Lipinski definition) is 5. The molecule has 2 heterocycles. The van der Waals surface area contributed by atoms with Crippen molar-refractivity contribution in [1.82, 2.24) is 9.13 Å². The van der Waals surface area contributed by atoms with Crippen LogP contribution in [0.1, 0.15) is 19.4 Å². The average molecular weight is 308 g/mol. The maximum Gasteiger partial charge on any atom is 0.332 e. The highest BCUT2D eigenvalue weighted by Gasteiger charge is 2.15. The van der Waals surface area contributed by atoms with Crippen LogP contribution in [0.2, 0.25) is 0 Å². The van der Waals surface area contributed by atoms with E-state index < -0.39 is 5.56 Å². The summed E-state index contributed by atoms with van der Waals surface area (Å²) >= 11 is 1.59. The zero-order valence-corrected chi connectivity index (χ0v) is 13.2. The number of anilines is 2. The van der Waals surface area contributed by atoms with Gasteiger partial charge in [0.2, 0.25) is 0 Å². The Balaban J connectivity index is 2.42. The molecule has 0 fully saturated rings. The van der Waals surface area contributed by atoms with Crippen molar-refractivity contribution in [2.45, 2.75) is 26.9 Å². The Morgan fingerprint density at radius 1 is 1.38 bits per heavy atom. The minimum Gasteiger partial charge on any atom is -0.383 e. The lowest BCUT2D eigenvalue weighted by molar-refractivity contribution is 0.494. The van der Waals surface area contributed by atoms with Crippen LogP contribution in [0.15, 0.2) is 26.4 Å². The summed E-state index contributed by atoms with van der Waals surface area (Å²) in [5.74, 6) is 0.458. The minimum atomic E-state index is -0.396. The van der Waals surface area contributed by atoms with Gasteiger partial charge in [-0.05, 0) is 28.3 Å². The molecule has 2 aromatic heterocycles. The topological polar surface area (TPSA) is 82.0 Å². The third kappa shape index (κ3) is 3.18. The van der Waals surface area contributed by atoms with E-state index >= 15 is 0 Å².